The van der Waals surface area contributed by atoms with Gasteiger partial charge < -0.3 is 4.74 Å². The van der Waals surface area contributed by atoms with Crippen LogP contribution in [0.2, 0.25) is 5.02 Å². The number of esters is 1. The van der Waals surface area contributed by atoms with Gasteiger partial charge in [-0.1, -0.05) is 54.1 Å². The number of halogens is 1. The predicted octanol–water partition coefficient (Wildman–Crippen LogP) is 3.88. The van der Waals surface area contributed by atoms with Crippen LogP contribution < -0.4 is 5.14 Å². The van der Waals surface area contributed by atoms with Crippen molar-refractivity contribution in [2.24, 2.45) is 5.14 Å². The van der Waals surface area contributed by atoms with Gasteiger partial charge in [0.2, 0.25) is 10.0 Å². The minimum atomic E-state index is -4.06. The maximum Gasteiger partial charge on any atom is 0.338 e. The first-order valence-electron chi connectivity index (χ1n) is 8.37. The molecule has 0 fully saturated rings. The molecule has 3 aromatic carbocycles. The van der Waals surface area contributed by atoms with E-state index in [0.717, 1.165) is 22.8 Å². The Balaban J connectivity index is 1.72. The number of hydrogen-bond donors (Lipinski definition) is 1. The molecular weight excluding hydrogens is 412 g/mol. The number of carbonyl (C=O) groups is 1. The second kappa shape index (κ2) is 8.45. The van der Waals surface area contributed by atoms with Gasteiger partial charge in [-0.15, -0.1) is 0 Å². The van der Waals surface area contributed by atoms with Crippen LogP contribution in [0, 0.1) is 11.3 Å². The van der Waals surface area contributed by atoms with Crippen LogP contribution in [0.5, 0.6) is 0 Å². The molecule has 0 unspecified atom stereocenters. The number of benzene rings is 3. The molecule has 146 valence electrons. The summed E-state index contributed by atoms with van der Waals surface area (Å²) in [4.78, 5) is 11.9. The second-order valence-electron chi connectivity index (χ2n) is 6.12. The smallest absolute Gasteiger partial charge is 0.338 e. The number of rotatable bonds is 5. The van der Waals surface area contributed by atoms with Gasteiger partial charge >= 0.3 is 5.97 Å². The van der Waals surface area contributed by atoms with Crippen molar-refractivity contribution in [3.63, 3.8) is 0 Å². The van der Waals surface area contributed by atoms with E-state index in [1.165, 1.54) is 12.1 Å². The van der Waals surface area contributed by atoms with Crippen LogP contribution in [0.15, 0.2) is 71.6 Å². The van der Waals surface area contributed by atoms with Crippen molar-refractivity contribution in [1.82, 2.24) is 0 Å². The summed E-state index contributed by atoms with van der Waals surface area (Å²) in [6.07, 6.45) is 0. The van der Waals surface area contributed by atoms with Gasteiger partial charge in [-0.25, -0.2) is 18.4 Å². The van der Waals surface area contributed by atoms with Crippen LogP contribution >= 0.6 is 11.6 Å². The fourth-order valence-corrected chi connectivity index (χ4v) is 3.76. The number of nitrogens with zero attached hydrogens (tertiary/aromatic N) is 1. The summed E-state index contributed by atoms with van der Waals surface area (Å²) in [6.45, 7) is -0.00759. The van der Waals surface area contributed by atoms with Crippen molar-refractivity contribution in [3.8, 4) is 17.2 Å². The Morgan fingerprint density at radius 1 is 1.07 bits per heavy atom. The maximum absolute atomic E-state index is 12.2. The fraction of sp³-hybridized carbons (Fsp3) is 0.0476. The lowest BCUT2D eigenvalue weighted by Crippen LogP contribution is -2.14. The van der Waals surface area contributed by atoms with Crippen LogP contribution in [0.4, 0.5) is 0 Å². The highest BCUT2D eigenvalue weighted by Gasteiger charge is 2.17. The summed E-state index contributed by atoms with van der Waals surface area (Å²) in [7, 11) is -4.06. The van der Waals surface area contributed by atoms with Gasteiger partial charge in [0, 0.05) is 0 Å². The van der Waals surface area contributed by atoms with E-state index in [9.17, 15) is 18.5 Å². The number of primary sulfonamides is 1. The Bertz CT molecular complexity index is 1220. The zero-order valence-corrected chi connectivity index (χ0v) is 16.6. The number of nitriles is 1. The number of hydrogen-bond acceptors (Lipinski definition) is 5. The zero-order valence-electron chi connectivity index (χ0n) is 15.0. The molecule has 3 aromatic rings. The number of carbonyl (C=O) groups excluding carboxylic acids is 1. The molecule has 0 heterocycles. The van der Waals surface area contributed by atoms with Crippen molar-refractivity contribution in [2.75, 3.05) is 0 Å². The van der Waals surface area contributed by atoms with Crippen molar-refractivity contribution >= 4 is 27.6 Å². The van der Waals surface area contributed by atoms with Crippen LogP contribution in [0.25, 0.3) is 11.1 Å². The van der Waals surface area contributed by atoms with Crippen LogP contribution in [-0.4, -0.2) is 14.4 Å². The molecular formula is C21H15ClN2O4S. The highest BCUT2D eigenvalue weighted by Crippen LogP contribution is 2.24. The van der Waals surface area contributed by atoms with E-state index in [2.05, 4.69) is 6.07 Å². The van der Waals surface area contributed by atoms with E-state index in [1.807, 2.05) is 24.3 Å². The average molecular weight is 427 g/mol. The Morgan fingerprint density at radius 2 is 1.76 bits per heavy atom. The Morgan fingerprint density at radius 3 is 2.41 bits per heavy atom. The zero-order chi connectivity index (χ0) is 21.0. The van der Waals surface area contributed by atoms with Crippen LogP contribution in [-0.2, 0) is 21.4 Å². The van der Waals surface area contributed by atoms with Gasteiger partial charge in [-0.05, 0) is 41.0 Å². The highest BCUT2D eigenvalue weighted by molar-refractivity contribution is 7.89. The van der Waals surface area contributed by atoms with Crippen molar-refractivity contribution in [3.05, 3.63) is 88.4 Å². The third-order valence-corrected chi connectivity index (χ3v) is 5.55. The topological polar surface area (TPSA) is 110 Å². The summed E-state index contributed by atoms with van der Waals surface area (Å²) in [6, 6.07) is 20.4. The normalized spacial score (nSPS) is 10.9. The third kappa shape index (κ3) is 4.81. The number of nitrogens with two attached hydrogens (primary N) is 1. The number of sulfonamides is 1. The molecule has 0 aromatic heterocycles. The minimum absolute atomic E-state index is 0.00759. The van der Waals surface area contributed by atoms with E-state index in [4.69, 9.17) is 21.5 Å². The lowest BCUT2D eigenvalue weighted by atomic mass is 9.99. The largest absolute Gasteiger partial charge is 0.457 e. The Labute approximate surface area is 173 Å². The first-order chi connectivity index (χ1) is 13.8. The summed E-state index contributed by atoms with van der Waals surface area (Å²) in [5, 5.41) is 14.2. The summed E-state index contributed by atoms with van der Waals surface area (Å²) < 4.78 is 28.3. The molecule has 0 radical (unpaired) electrons. The molecule has 0 bridgehead atoms. The lowest BCUT2D eigenvalue weighted by Gasteiger charge is -2.09. The molecule has 0 aliphatic heterocycles. The van der Waals surface area contributed by atoms with E-state index < -0.39 is 16.0 Å². The van der Waals surface area contributed by atoms with Crippen molar-refractivity contribution in [2.45, 2.75) is 11.5 Å². The van der Waals surface area contributed by atoms with E-state index >= 15 is 0 Å². The van der Waals surface area contributed by atoms with E-state index in [1.54, 1.807) is 24.3 Å². The third-order valence-electron chi connectivity index (χ3n) is 4.16. The average Bonchev–Trinajstić information content (AvgIpc) is 2.72. The summed E-state index contributed by atoms with van der Waals surface area (Å²) in [5.41, 5.74) is 3.01. The van der Waals surface area contributed by atoms with Crippen molar-refractivity contribution in [1.29, 1.82) is 5.26 Å². The molecule has 6 nitrogen and oxygen atoms in total. The molecule has 0 aliphatic rings. The van der Waals surface area contributed by atoms with Gasteiger partial charge in [0.1, 0.15) is 11.5 Å². The predicted molar refractivity (Wildman–Crippen MR) is 109 cm³/mol. The first-order valence-corrected chi connectivity index (χ1v) is 10.3. The molecule has 0 atom stereocenters. The molecule has 2 N–H and O–H groups in total. The van der Waals surface area contributed by atoms with Crippen LogP contribution in [0.3, 0.4) is 0 Å². The Kier molecular flexibility index (Phi) is 5.99. The Hall–Kier alpha value is -3.18. The van der Waals surface area contributed by atoms with Crippen LogP contribution in [0.1, 0.15) is 21.5 Å². The van der Waals surface area contributed by atoms with Crippen molar-refractivity contribution < 1.29 is 17.9 Å². The summed E-state index contributed by atoms with van der Waals surface area (Å²) >= 11 is 5.81. The molecule has 0 saturated carbocycles. The lowest BCUT2D eigenvalue weighted by molar-refractivity contribution is 0.0472. The SMILES string of the molecule is N#Cc1ccccc1-c1ccc(COC(=O)c2ccc(Cl)c(S(N)(=O)=O)c2)cc1. The van der Waals surface area contributed by atoms with Gasteiger partial charge in [-0.3, -0.25) is 0 Å². The number of ether oxygens (including phenoxy) is 1. The minimum Gasteiger partial charge on any atom is -0.457 e. The second-order valence-corrected chi connectivity index (χ2v) is 8.06. The molecule has 0 amide bonds. The molecule has 29 heavy (non-hydrogen) atoms. The molecule has 0 saturated heterocycles. The first kappa shape index (κ1) is 20.6. The van der Waals surface area contributed by atoms with Gasteiger partial charge in [0.25, 0.3) is 0 Å². The quantitative estimate of drug-likeness (QED) is 0.622. The van der Waals surface area contributed by atoms with Gasteiger partial charge in [-0.2, -0.15) is 5.26 Å². The summed E-state index contributed by atoms with van der Waals surface area (Å²) in [5.74, 6) is -0.703. The van der Waals surface area contributed by atoms with E-state index in [0.29, 0.717) is 5.56 Å². The molecule has 0 aliphatic carbocycles. The highest BCUT2D eigenvalue weighted by atomic mass is 35.5. The molecule has 8 heteroatoms. The standard InChI is InChI=1S/C21H15ClN2O4S/c22-19-10-9-16(11-20(19)29(24,26)27)21(25)28-13-14-5-7-15(8-6-14)18-4-2-1-3-17(18)12-23/h1-11H,13H2,(H2,24,26,27). The van der Waals surface area contributed by atoms with E-state index in [-0.39, 0.29) is 22.1 Å². The fourth-order valence-electron chi connectivity index (χ4n) is 2.69. The molecule has 3 rings (SSSR count). The molecule has 0 spiro atoms. The monoisotopic (exact) mass is 426 g/mol. The van der Waals surface area contributed by atoms with Gasteiger partial charge in [0.05, 0.1) is 22.2 Å². The maximum atomic E-state index is 12.2. The van der Waals surface area contributed by atoms with Gasteiger partial charge in [0.15, 0.2) is 0 Å².